The molecular formula is C23H30N6O. The summed E-state index contributed by atoms with van der Waals surface area (Å²) in [6, 6.07) is 10.3. The maximum atomic E-state index is 5.69. The Morgan fingerprint density at radius 3 is 2.50 bits per heavy atom. The molecule has 0 radical (unpaired) electrons. The molecule has 2 aromatic rings. The monoisotopic (exact) mass is 406 g/mol. The lowest BCUT2D eigenvalue weighted by Gasteiger charge is -2.35. The highest BCUT2D eigenvalue weighted by Crippen LogP contribution is 2.23. The molecule has 0 aliphatic carbocycles. The van der Waals surface area contributed by atoms with Crippen LogP contribution in [0.2, 0.25) is 0 Å². The van der Waals surface area contributed by atoms with E-state index < -0.39 is 0 Å². The van der Waals surface area contributed by atoms with E-state index in [-0.39, 0.29) is 0 Å². The molecule has 0 atom stereocenters. The Labute approximate surface area is 178 Å². The molecule has 2 aliphatic heterocycles. The molecule has 158 valence electrons. The van der Waals surface area contributed by atoms with Gasteiger partial charge in [0.25, 0.3) is 0 Å². The van der Waals surface area contributed by atoms with Gasteiger partial charge in [0.05, 0.1) is 6.54 Å². The van der Waals surface area contributed by atoms with Gasteiger partial charge >= 0.3 is 0 Å². The van der Waals surface area contributed by atoms with Crippen molar-refractivity contribution in [3.8, 4) is 0 Å². The van der Waals surface area contributed by atoms with E-state index in [2.05, 4.69) is 58.5 Å². The summed E-state index contributed by atoms with van der Waals surface area (Å²) >= 11 is 0. The summed E-state index contributed by atoms with van der Waals surface area (Å²) in [7, 11) is 4.01. The Morgan fingerprint density at radius 1 is 1.07 bits per heavy atom. The standard InChI is InChI=1S/C23H30N6O/c1-18-7-9-19(10-8-18)24-21-16-22(27(2)3)26-23(25-21)29-13-11-28(12-14-29)17-20-6-4-5-15-30-20/h4-10,16H,11-15,17H2,1-3H3,(H,24,25,26). The van der Waals surface area contributed by atoms with E-state index in [1.807, 2.05) is 31.1 Å². The van der Waals surface area contributed by atoms with Gasteiger partial charge in [-0.2, -0.15) is 9.97 Å². The molecule has 0 saturated carbocycles. The summed E-state index contributed by atoms with van der Waals surface area (Å²) in [5.74, 6) is 3.51. The molecule has 7 heteroatoms. The Morgan fingerprint density at radius 2 is 1.83 bits per heavy atom. The topological polar surface area (TPSA) is 56.8 Å². The first-order valence-corrected chi connectivity index (χ1v) is 10.4. The van der Waals surface area contributed by atoms with Crippen molar-refractivity contribution in [2.75, 3.05) is 68.5 Å². The van der Waals surface area contributed by atoms with E-state index in [4.69, 9.17) is 14.7 Å². The van der Waals surface area contributed by atoms with E-state index in [0.717, 1.165) is 61.8 Å². The fourth-order valence-electron chi connectivity index (χ4n) is 3.50. The first-order valence-electron chi connectivity index (χ1n) is 10.4. The molecule has 30 heavy (non-hydrogen) atoms. The van der Waals surface area contributed by atoms with E-state index in [0.29, 0.717) is 6.61 Å². The number of allylic oxidation sites excluding steroid dienone is 2. The van der Waals surface area contributed by atoms with Crippen molar-refractivity contribution in [1.82, 2.24) is 14.9 Å². The maximum absolute atomic E-state index is 5.69. The number of aryl methyl sites for hydroxylation is 1. The predicted octanol–water partition coefficient (Wildman–Crippen LogP) is 3.19. The molecule has 4 rings (SSSR count). The van der Waals surface area contributed by atoms with Gasteiger partial charge in [-0.3, -0.25) is 4.90 Å². The Bertz CT molecular complexity index is 914. The zero-order valence-electron chi connectivity index (χ0n) is 18.0. The summed E-state index contributed by atoms with van der Waals surface area (Å²) in [4.78, 5) is 16.3. The number of nitrogens with zero attached hydrogens (tertiary/aromatic N) is 5. The third-order valence-corrected chi connectivity index (χ3v) is 5.30. The summed E-state index contributed by atoms with van der Waals surface area (Å²) < 4.78 is 5.69. The third-order valence-electron chi connectivity index (χ3n) is 5.30. The van der Waals surface area contributed by atoms with Crippen LogP contribution in [-0.4, -0.2) is 68.3 Å². The highest BCUT2D eigenvalue weighted by Gasteiger charge is 2.21. The van der Waals surface area contributed by atoms with Crippen molar-refractivity contribution in [2.45, 2.75) is 6.92 Å². The molecule has 1 fully saturated rings. The van der Waals surface area contributed by atoms with Crippen LogP contribution in [0.4, 0.5) is 23.3 Å². The van der Waals surface area contributed by atoms with Crippen LogP contribution in [0.1, 0.15) is 5.56 Å². The molecule has 1 aromatic heterocycles. The number of anilines is 4. The Balaban J connectivity index is 1.45. The van der Waals surface area contributed by atoms with Gasteiger partial charge in [0.1, 0.15) is 24.0 Å². The van der Waals surface area contributed by atoms with Crippen LogP contribution in [0.3, 0.4) is 0 Å². The molecule has 1 aromatic carbocycles. The minimum atomic E-state index is 0.674. The van der Waals surface area contributed by atoms with Crippen molar-refractivity contribution in [1.29, 1.82) is 0 Å². The van der Waals surface area contributed by atoms with E-state index in [9.17, 15) is 0 Å². The minimum absolute atomic E-state index is 0.674. The SMILES string of the molecule is Cc1ccc(Nc2cc(N(C)C)nc(N3CCN(CC4=CC=CCO4)CC3)n2)cc1. The highest BCUT2D eigenvalue weighted by molar-refractivity contribution is 5.62. The second-order valence-corrected chi connectivity index (χ2v) is 7.93. The van der Waals surface area contributed by atoms with Gasteiger partial charge in [0.2, 0.25) is 5.95 Å². The van der Waals surface area contributed by atoms with Crippen molar-refractivity contribution in [3.05, 3.63) is 59.9 Å². The lowest BCUT2D eigenvalue weighted by Crippen LogP contribution is -2.47. The fraction of sp³-hybridized carbons (Fsp3) is 0.391. The first-order chi connectivity index (χ1) is 14.6. The number of hydrogen-bond donors (Lipinski definition) is 1. The number of ether oxygens (including phenoxy) is 1. The molecule has 0 spiro atoms. The molecule has 7 nitrogen and oxygen atoms in total. The summed E-state index contributed by atoms with van der Waals surface area (Å²) in [6.45, 7) is 7.32. The fourth-order valence-corrected chi connectivity index (χ4v) is 3.50. The quantitative estimate of drug-likeness (QED) is 0.791. The number of hydrogen-bond acceptors (Lipinski definition) is 7. The lowest BCUT2D eigenvalue weighted by molar-refractivity contribution is 0.182. The smallest absolute Gasteiger partial charge is 0.229 e. The van der Waals surface area contributed by atoms with Gasteiger partial charge in [0, 0.05) is 52.0 Å². The van der Waals surface area contributed by atoms with Gasteiger partial charge in [0.15, 0.2) is 0 Å². The molecule has 1 N–H and O–H groups in total. The molecule has 0 amide bonds. The molecule has 3 heterocycles. The van der Waals surface area contributed by atoms with Crippen LogP contribution in [0, 0.1) is 6.92 Å². The molecule has 2 aliphatic rings. The van der Waals surface area contributed by atoms with Crippen LogP contribution < -0.4 is 15.1 Å². The van der Waals surface area contributed by atoms with Gasteiger partial charge in [-0.25, -0.2) is 0 Å². The largest absolute Gasteiger partial charge is 0.493 e. The number of benzene rings is 1. The zero-order valence-corrected chi connectivity index (χ0v) is 18.0. The van der Waals surface area contributed by atoms with Crippen LogP contribution >= 0.6 is 0 Å². The van der Waals surface area contributed by atoms with Crippen LogP contribution in [0.15, 0.2) is 54.3 Å². The second kappa shape index (κ2) is 9.17. The van der Waals surface area contributed by atoms with Gasteiger partial charge < -0.3 is 19.9 Å². The lowest BCUT2D eigenvalue weighted by atomic mass is 10.2. The van der Waals surface area contributed by atoms with Crippen LogP contribution in [0.25, 0.3) is 0 Å². The molecular weight excluding hydrogens is 376 g/mol. The summed E-state index contributed by atoms with van der Waals surface area (Å²) in [5.41, 5.74) is 2.26. The third kappa shape index (κ3) is 5.10. The van der Waals surface area contributed by atoms with E-state index in [1.165, 1.54) is 5.56 Å². The van der Waals surface area contributed by atoms with Crippen molar-refractivity contribution in [2.24, 2.45) is 0 Å². The number of aromatic nitrogens is 2. The number of rotatable bonds is 6. The Hall–Kier alpha value is -3.06. The summed E-state index contributed by atoms with van der Waals surface area (Å²) in [5, 5.41) is 3.42. The van der Waals surface area contributed by atoms with Crippen LogP contribution in [-0.2, 0) is 4.74 Å². The van der Waals surface area contributed by atoms with Gasteiger partial charge in [-0.1, -0.05) is 23.8 Å². The van der Waals surface area contributed by atoms with Crippen molar-refractivity contribution >= 4 is 23.3 Å². The molecule has 0 bridgehead atoms. The first kappa shape index (κ1) is 20.2. The zero-order chi connectivity index (χ0) is 20.9. The molecule has 0 unspecified atom stereocenters. The van der Waals surface area contributed by atoms with Crippen molar-refractivity contribution in [3.63, 3.8) is 0 Å². The Kier molecular flexibility index (Phi) is 6.18. The maximum Gasteiger partial charge on any atom is 0.229 e. The predicted molar refractivity (Wildman–Crippen MR) is 123 cm³/mol. The van der Waals surface area contributed by atoms with Crippen molar-refractivity contribution < 1.29 is 4.74 Å². The molecule has 1 saturated heterocycles. The van der Waals surface area contributed by atoms with Gasteiger partial charge in [-0.05, 0) is 31.2 Å². The minimum Gasteiger partial charge on any atom is -0.493 e. The van der Waals surface area contributed by atoms with E-state index in [1.54, 1.807) is 0 Å². The normalized spacial score (nSPS) is 16.8. The average molecular weight is 407 g/mol. The average Bonchev–Trinajstić information content (AvgIpc) is 2.76. The van der Waals surface area contributed by atoms with E-state index >= 15 is 0 Å². The number of piperazine rings is 1. The highest BCUT2D eigenvalue weighted by atomic mass is 16.5. The summed E-state index contributed by atoms with van der Waals surface area (Å²) in [6.07, 6.45) is 6.15. The second-order valence-electron chi connectivity index (χ2n) is 7.93. The van der Waals surface area contributed by atoms with Gasteiger partial charge in [-0.15, -0.1) is 0 Å². The number of nitrogens with one attached hydrogen (secondary N) is 1. The van der Waals surface area contributed by atoms with Crippen LogP contribution in [0.5, 0.6) is 0 Å².